The van der Waals surface area contributed by atoms with E-state index >= 15 is 0 Å². The lowest BCUT2D eigenvalue weighted by molar-refractivity contribution is 0.161. The number of hydrogen-bond donors (Lipinski definition) is 0. The van der Waals surface area contributed by atoms with Crippen molar-refractivity contribution in [2.45, 2.75) is 52.6 Å². The molecule has 2 aromatic heterocycles. The largest absolute Gasteiger partial charge is 0.340 e. The Morgan fingerprint density at radius 1 is 1.33 bits per heavy atom. The number of likely N-dealkylation sites (tertiary alicyclic amines) is 1. The van der Waals surface area contributed by atoms with Crippen LogP contribution in [0.3, 0.4) is 0 Å². The molecule has 0 saturated carbocycles. The van der Waals surface area contributed by atoms with Crippen LogP contribution in [0, 0.1) is 12.8 Å². The molecule has 7 heteroatoms. The van der Waals surface area contributed by atoms with Gasteiger partial charge in [-0.05, 0) is 37.8 Å². The monoisotopic (exact) mass is 331 g/mol. The Labute approximate surface area is 141 Å². The molecule has 3 heterocycles. The molecule has 0 amide bonds. The Morgan fingerprint density at radius 2 is 2.08 bits per heavy atom. The summed E-state index contributed by atoms with van der Waals surface area (Å²) in [5, 5.41) is 3.95. The van der Waals surface area contributed by atoms with Crippen molar-refractivity contribution < 1.29 is 4.52 Å². The third-order valence-electron chi connectivity index (χ3n) is 4.59. The molecule has 0 unspecified atom stereocenters. The van der Waals surface area contributed by atoms with Gasteiger partial charge in [0.15, 0.2) is 5.82 Å². The van der Waals surface area contributed by atoms with Crippen molar-refractivity contribution in [1.29, 1.82) is 0 Å². The molecule has 0 atom stereocenters. The van der Waals surface area contributed by atoms with Crippen molar-refractivity contribution in [2.24, 2.45) is 5.92 Å². The average Bonchev–Trinajstić information content (AvgIpc) is 2.96. The highest BCUT2D eigenvalue weighted by Crippen LogP contribution is 2.20. The zero-order chi connectivity index (χ0) is 17.1. The van der Waals surface area contributed by atoms with Gasteiger partial charge < -0.3 is 4.52 Å². The van der Waals surface area contributed by atoms with Crippen LogP contribution in [0.4, 0.5) is 0 Å². The van der Waals surface area contributed by atoms with E-state index in [1.807, 2.05) is 13.8 Å². The first-order valence-electron chi connectivity index (χ1n) is 8.59. The summed E-state index contributed by atoms with van der Waals surface area (Å²) in [6.45, 7) is 9.36. The van der Waals surface area contributed by atoms with E-state index in [9.17, 15) is 4.79 Å². The Bertz CT molecular complexity index is 729. The van der Waals surface area contributed by atoms with E-state index in [1.54, 1.807) is 23.9 Å². The second kappa shape index (κ2) is 7.25. The zero-order valence-electron chi connectivity index (χ0n) is 14.6. The number of hydrogen-bond acceptors (Lipinski definition) is 6. The fourth-order valence-electron chi connectivity index (χ4n) is 3.10. The molecule has 0 radical (unpaired) electrons. The van der Waals surface area contributed by atoms with E-state index < -0.39 is 0 Å². The molecule has 130 valence electrons. The van der Waals surface area contributed by atoms with Crippen LogP contribution in [0.1, 0.15) is 50.0 Å². The van der Waals surface area contributed by atoms with Crippen LogP contribution >= 0.6 is 0 Å². The second-order valence-corrected chi connectivity index (χ2v) is 6.91. The zero-order valence-corrected chi connectivity index (χ0v) is 14.6. The fraction of sp³-hybridized carbons (Fsp3) is 0.647. The van der Waals surface area contributed by atoms with Gasteiger partial charge in [-0.25, -0.2) is 4.98 Å². The third kappa shape index (κ3) is 4.08. The summed E-state index contributed by atoms with van der Waals surface area (Å²) in [7, 11) is 0. The van der Waals surface area contributed by atoms with E-state index in [4.69, 9.17) is 4.52 Å². The highest BCUT2D eigenvalue weighted by molar-refractivity contribution is 5.04. The minimum absolute atomic E-state index is 0.0541. The smallest absolute Gasteiger partial charge is 0.253 e. The summed E-state index contributed by atoms with van der Waals surface area (Å²) in [6.07, 6.45) is 3.83. The van der Waals surface area contributed by atoms with Crippen LogP contribution in [0.25, 0.3) is 0 Å². The van der Waals surface area contributed by atoms with Crippen LogP contribution < -0.4 is 5.56 Å². The maximum atomic E-state index is 12.2. The lowest BCUT2D eigenvalue weighted by Gasteiger charge is -2.31. The van der Waals surface area contributed by atoms with E-state index in [1.165, 1.54) is 0 Å². The molecule has 1 aliphatic rings. The Balaban J connectivity index is 1.53. The molecule has 0 aromatic carbocycles. The van der Waals surface area contributed by atoms with E-state index in [0.717, 1.165) is 50.5 Å². The van der Waals surface area contributed by atoms with Crippen LogP contribution in [-0.2, 0) is 13.1 Å². The quantitative estimate of drug-likeness (QED) is 0.833. The van der Waals surface area contributed by atoms with Gasteiger partial charge in [0.25, 0.3) is 5.56 Å². The van der Waals surface area contributed by atoms with E-state index in [-0.39, 0.29) is 11.5 Å². The number of rotatable bonds is 5. The summed E-state index contributed by atoms with van der Waals surface area (Å²) < 4.78 is 6.76. The van der Waals surface area contributed by atoms with E-state index in [2.05, 4.69) is 20.0 Å². The molecule has 24 heavy (non-hydrogen) atoms. The van der Waals surface area contributed by atoms with Gasteiger partial charge in [-0.1, -0.05) is 19.0 Å². The Kier molecular flexibility index (Phi) is 5.08. The molecule has 0 aliphatic carbocycles. The van der Waals surface area contributed by atoms with Crippen LogP contribution in [0.15, 0.2) is 21.7 Å². The summed E-state index contributed by atoms with van der Waals surface area (Å²) in [4.78, 5) is 23.2. The molecular weight excluding hydrogens is 306 g/mol. The minimum Gasteiger partial charge on any atom is -0.340 e. The molecule has 1 saturated heterocycles. The molecule has 0 bridgehead atoms. The first-order valence-corrected chi connectivity index (χ1v) is 8.59. The molecular formula is C17H25N5O2. The average molecular weight is 331 g/mol. The Hall–Kier alpha value is -2.02. The van der Waals surface area contributed by atoms with E-state index in [0.29, 0.717) is 11.8 Å². The second-order valence-electron chi connectivity index (χ2n) is 6.91. The van der Waals surface area contributed by atoms with Crippen molar-refractivity contribution in [3.63, 3.8) is 0 Å². The SMILES string of the molecule is Cc1nc(CN2CCC(Cn3cnc(C(C)C)cc3=O)CC2)no1. The van der Waals surface area contributed by atoms with Gasteiger partial charge >= 0.3 is 0 Å². The predicted octanol–water partition coefficient (Wildman–Crippen LogP) is 1.97. The lowest BCUT2D eigenvalue weighted by atomic mass is 9.96. The lowest BCUT2D eigenvalue weighted by Crippen LogP contribution is -2.36. The minimum atomic E-state index is 0.0541. The van der Waals surface area contributed by atoms with Gasteiger partial charge in [0.1, 0.15) is 0 Å². The summed E-state index contributed by atoms with van der Waals surface area (Å²) in [6, 6.07) is 1.67. The standard InChI is InChI=1S/C17H25N5O2/c1-12(2)15-8-17(23)22(11-18-15)9-14-4-6-21(7-5-14)10-16-19-13(3)24-20-16/h8,11-12,14H,4-7,9-10H2,1-3H3. The summed E-state index contributed by atoms with van der Waals surface area (Å²) in [5.41, 5.74) is 0.917. The Morgan fingerprint density at radius 3 is 2.67 bits per heavy atom. The third-order valence-corrected chi connectivity index (χ3v) is 4.59. The van der Waals surface area contributed by atoms with Gasteiger partial charge in [0, 0.05) is 19.5 Å². The number of aromatic nitrogens is 4. The molecule has 3 rings (SSSR count). The van der Waals surface area contributed by atoms with Crippen molar-refractivity contribution in [3.8, 4) is 0 Å². The number of aryl methyl sites for hydroxylation is 1. The van der Waals surface area contributed by atoms with Gasteiger partial charge in [0.05, 0.1) is 18.6 Å². The summed E-state index contributed by atoms with van der Waals surface area (Å²) in [5.74, 6) is 2.15. The maximum absolute atomic E-state index is 12.2. The summed E-state index contributed by atoms with van der Waals surface area (Å²) >= 11 is 0. The predicted molar refractivity (Wildman–Crippen MR) is 89.6 cm³/mol. The van der Waals surface area contributed by atoms with Crippen molar-refractivity contribution in [3.05, 3.63) is 40.2 Å². The molecule has 2 aromatic rings. The van der Waals surface area contributed by atoms with Crippen LogP contribution in [0.2, 0.25) is 0 Å². The first-order chi connectivity index (χ1) is 11.5. The molecule has 1 fully saturated rings. The molecule has 0 N–H and O–H groups in total. The topological polar surface area (TPSA) is 77.1 Å². The molecule has 0 spiro atoms. The van der Waals surface area contributed by atoms with Gasteiger partial charge in [-0.15, -0.1) is 0 Å². The normalized spacial score (nSPS) is 16.8. The highest BCUT2D eigenvalue weighted by atomic mass is 16.5. The molecule has 1 aliphatic heterocycles. The maximum Gasteiger partial charge on any atom is 0.253 e. The van der Waals surface area contributed by atoms with Gasteiger partial charge in [-0.3, -0.25) is 14.3 Å². The number of piperidine rings is 1. The highest BCUT2D eigenvalue weighted by Gasteiger charge is 2.21. The first kappa shape index (κ1) is 16.8. The van der Waals surface area contributed by atoms with Crippen molar-refractivity contribution in [2.75, 3.05) is 13.1 Å². The van der Waals surface area contributed by atoms with Crippen molar-refractivity contribution >= 4 is 0 Å². The van der Waals surface area contributed by atoms with Crippen molar-refractivity contribution in [1.82, 2.24) is 24.6 Å². The van der Waals surface area contributed by atoms with Crippen LogP contribution in [0.5, 0.6) is 0 Å². The van der Waals surface area contributed by atoms with Gasteiger partial charge in [0.2, 0.25) is 5.89 Å². The molecule has 7 nitrogen and oxygen atoms in total. The fourth-order valence-corrected chi connectivity index (χ4v) is 3.10. The van der Waals surface area contributed by atoms with Crippen LogP contribution in [-0.4, -0.2) is 37.7 Å². The van der Waals surface area contributed by atoms with Gasteiger partial charge in [-0.2, -0.15) is 4.98 Å². The number of nitrogens with zero attached hydrogens (tertiary/aromatic N) is 5.